The number of esters is 1. The van der Waals surface area contributed by atoms with E-state index in [9.17, 15) is 13.6 Å². The van der Waals surface area contributed by atoms with Gasteiger partial charge in [0.05, 0.1) is 6.10 Å². The number of carbonyl (C=O) groups is 1. The summed E-state index contributed by atoms with van der Waals surface area (Å²) >= 11 is 2.92. The first-order valence-electron chi connectivity index (χ1n) is 4.22. The molecule has 0 amide bonds. The van der Waals surface area contributed by atoms with E-state index < -0.39 is 24.3 Å². The lowest BCUT2D eigenvalue weighted by Gasteiger charge is -2.16. The molecule has 0 saturated heterocycles. The first-order valence-corrected chi connectivity index (χ1v) is 4.58. The summed E-state index contributed by atoms with van der Waals surface area (Å²) in [5.74, 6) is -1.85. The van der Waals surface area contributed by atoms with E-state index in [4.69, 9.17) is 5.11 Å². The van der Waals surface area contributed by atoms with Gasteiger partial charge in [0.15, 0.2) is 0 Å². The third kappa shape index (κ3) is 3.56. The van der Waals surface area contributed by atoms with Crippen molar-refractivity contribution in [2.75, 3.05) is 0 Å². The smallest absolute Gasteiger partial charge is 0.456 e. The van der Waals surface area contributed by atoms with Gasteiger partial charge in [-0.2, -0.15) is 13.1 Å². The number of aliphatic hydroxyl groups is 1. The minimum Gasteiger partial charge on any atom is -0.456 e. The van der Waals surface area contributed by atoms with Crippen molar-refractivity contribution in [1.82, 2.24) is 0 Å². The number of carbonyl (C=O) groups excluding carboxylic acids is 1. The number of halogens is 2. The standard InChI is InChI=1S/C7H10F2O5S/c8-7(9,13-14-15)6(11)12-5-2-1-4(10)3-5/h4-5,10,15H,1-3H2. The highest BCUT2D eigenvalue weighted by Crippen LogP contribution is 2.26. The van der Waals surface area contributed by atoms with Crippen LogP contribution in [0.3, 0.4) is 0 Å². The molecule has 0 radical (unpaired) electrons. The van der Waals surface area contributed by atoms with Crippen LogP contribution in [0.4, 0.5) is 8.78 Å². The van der Waals surface area contributed by atoms with Gasteiger partial charge in [-0.3, -0.25) is 0 Å². The summed E-state index contributed by atoms with van der Waals surface area (Å²) in [5, 5.41) is 9.07. The lowest BCUT2D eigenvalue weighted by atomic mass is 10.3. The minimum atomic E-state index is -4.19. The maximum Gasteiger partial charge on any atom is 0.483 e. The van der Waals surface area contributed by atoms with Gasteiger partial charge in [-0.15, -0.1) is 4.89 Å². The number of thiol groups is 1. The van der Waals surface area contributed by atoms with Crippen LogP contribution in [0.2, 0.25) is 0 Å². The third-order valence-electron chi connectivity index (χ3n) is 2.01. The fraction of sp³-hybridized carbons (Fsp3) is 0.857. The van der Waals surface area contributed by atoms with E-state index in [-0.39, 0.29) is 6.42 Å². The van der Waals surface area contributed by atoms with Gasteiger partial charge in [-0.1, -0.05) is 0 Å². The number of rotatable bonds is 4. The Bertz CT molecular complexity index is 237. The van der Waals surface area contributed by atoms with E-state index in [0.717, 1.165) is 0 Å². The average molecular weight is 244 g/mol. The Morgan fingerprint density at radius 3 is 2.60 bits per heavy atom. The summed E-state index contributed by atoms with van der Waals surface area (Å²) in [6.07, 6.45) is -4.57. The largest absolute Gasteiger partial charge is 0.483 e. The maximum absolute atomic E-state index is 12.6. The molecule has 0 spiro atoms. The fourth-order valence-electron chi connectivity index (χ4n) is 1.33. The highest BCUT2D eigenvalue weighted by Gasteiger charge is 2.46. The Kier molecular flexibility index (Phi) is 4.26. The molecule has 2 atom stereocenters. The lowest BCUT2D eigenvalue weighted by molar-refractivity contribution is -0.370. The Balaban J connectivity index is 2.41. The summed E-state index contributed by atoms with van der Waals surface area (Å²) < 4.78 is 33.1. The summed E-state index contributed by atoms with van der Waals surface area (Å²) in [5.41, 5.74) is 0. The lowest BCUT2D eigenvalue weighted by Crippen LogP contribution is -2.35. The maximum atomic E-state index is 12.6. The van der Waals surface area contributed by atoms with Crippen molar-refractivity contribution in [1.29, 1.82) is 0 Å². The van der Waals surface area contributed by atoms with Crippen molar-refractivity contribution in [2.45, 2.75) is 37.6 Å². The van der Waals surface area contributed by atoms with Gasteiger partial charge < -0.3 is 9.84 Å². The van der Waals surface area contributed by atoms with Crippen molar-refractivity contribution in [2.24, 2.45) is 0 Å². The SMILES string of the molecule is O=C(OC1CCC(O)C1)C(F)(F)OOS. The van der Waals surface area contributed by atoms with E-state index in [1.54, 1.807) is 0 Å². The normalized spacial score (nSPS) is 26.7. The molecule has 1 saturated carbocycles. The fourth-order valence-corrected chi connectivity index (χ4v) is 1.42. The molecule has 0 bridgehead atoms. The van der Waals surface area contributed by atoms with Crippen LogP contribution in [0.1, 0.15) is 19.3 Å². The second kappa shape index (κ2) is 5.06. The first kappa shape index (κ1) is 12.6. The highest BCUT2D eigenvalue weighted by atomic mass is 32.1. The molecule has 5 nitrogen and oxygen atoms in total. The van der Waals surface area contributed by atoms with Crippen molar-refractivity contribution < 1.29 is 32.6 Å². The molecule has 0 aliphatic heterocycles. The zero-order chi connectivity index (χ0) is 11.5. The van der Waals surface area contributed by atoms with Crippen LogP contribution < -0.4 is 0 Å². The van der Waals surface area contributed by atoms with Crippen LogP contribution in [0.25, 0.3) is 0 Å². The summed E-state index contributed by atoms with van der Waals surface area (Å²) in [6, 6.07) is 0. The van der Waals surface area contributed by atoms with Gasteiger partial charge in [-0.05, 0) is 12.8 Å². The predicted molar refractivity (Wildman–Crippen MR) is 45.8 cm³/mol. The molecule has 1 aliphatic rings. The molecule has 88 valence electrons. The van der Waals surface area contributed by atoms with Crippen molar-refractivity contribution in [3.8, 4) is 0 Å². The molecule has 15 heavy (non-hydrogen) atoms. The average Bonchev–Trinajstić information content (AvgIpc) is 2.51. The van der Waals surface area contributed by atoms with Crippen LogP contribution in [0.15, 0.2) is 0 Å². The van der Waals surface area contributed by atoms with E-state index in [1.165, 1.54) is 0 Å². The van der Waals surface area contributed by atoms with Crippen molar-refractivity contribution >= 4 is 18.9 Å². The van der Waals surface area contributed by atoms with Crippen LogP contribution in [0, 0.1) is 0 Å². The number of hydrogen-bond acceptors (Lipinski definition) is 6. The number of aliphatic hydroxyl groups excluding tert-OH is 1. The number of ether oxygens (including phenoxy) is 1. The monoisotopic (exact) mass is 244 g/mol. The van der Waals surface area contributed by atoms with Gasteiger partial charge in [0.1, 0.15) is 6.10 Å². The summed E-state index contributed by atoms with van der Waals surface area (Å²) in [6.45, 7) is 0. The van der Waals surface area contributed by atoms with Crippen molar-refractivity contribution in [3.63, 3.8) is 0 Å². The molecule has 0 aromatic heterocycles. The second-order valence-electron chi connectivity index (χ2n) is 3.17. The second-order valence-corrected chi connectivity index (χ2v) is 3.32. The van der Waals surface area contributed by atoms with E-state index >= 15 is 0 Å². The molecule has 0 aromatic rings. The van der Waals surface area contributed by atoms with Crippen molar-refractivity contribution in [3.05, 3.63) is 0 Å². The minimum absolute atomic E-state index is 0.156. The van der Waals surface area contributed by atoms with Gasteiger partial charge in [0, 0.05) is 19.3 Å². The van der Waals surface area contributed by atoms with Gasteiger partial charge in [0.2, 0.25) is 0 Å². The molecule has 8 heteroatoms. The van der Waals surface area contributed by atoms with E-state index in [2.05, 4.69) is 26.9 Å². The zero-order valence-electron chi connectivity index (χ0n) is 7.56. The Morgan fingerprint density at radius 1 is 1.47 bits per heavy atom. The Labute approximate surface area is 89.8 Å². The molecule has 0 heterocycles. The Morgan fingerprint density at radius 2 is 2.13 bits per heavy atom. The van der Waals surface area contributed by atoms with Gasteiger partial charge in [-0.25, -0.2) is 4.79 Å². The number of hydrogen-bond donors (Lipinski definition) is 2. The molecule has 1 N–H and O–H groups in total. The first-order chi connectivity index (χ1) is 6.95. The molecule has 1 aliphatic carbocycles. The molecule has 2 unspecified atom stereocenters. The molecular formula is C7H10F2O5S. The van der Waals surface area contributed by atoms with Crippen LogP contribution in [0.5, 0.6) is 0 Å². The highest BCUT2D eigenvalue weighted by molar-refractivity contribution is 7.74. The van der Waals surface area contributed by atoms with E-state index in [0.29, 0.717) is 12.8 Å². The van der Waals surface area contributed by atoms with Gasteiger partial charge >= 0.3 is 12.1 Å². The molecule has 1 fully saturated rings. The Hall–Kier alpha value is -0.440. The number of alkyl halides is 2. The third-order valence-corrected chi connectivity index (χ3v) is 2.08. The van der Waals surface area contributed by atoms with Gasteiger partial charge in [0.25, 0.3) is 0 Å². The molecular weight excluding hydrogens is 234 g/mol. The molecule has 1 rings (SSSR count). The van der Waals surface area contributed by atoms with Crippen LogP contribution in [-0.2, 0) is 18.8 Å². The predicted octanol–water partition coefficient (Wildman–Crippen LogP) is 0.829. The molecule has 0 aromatic carbocycles. The zero-order valence-corrected chi connectivity index (χ0v) is 8.45. The summed E-state index contributed by atoms with van der Waals surface area (Å²) in [7, 11) is 0. The van der Waals surface area contributed by atoms with Crippen LogP contribution in [-0.4, -0.2) is 29.4 Å². The topological polar surface area (TPSA) is 65.0 Å². The van der Waals surface area contributed by atoms with Crippen LogP contribution >= 0.6 is 12.9 Å². The summed E-state index contributed by atoms with van der Waals surface area (Å²) in [4.78, 5) is 14.1. The quantitative estimate of drug-likeness (QED) is 0.252. The van der Waals surface area contributed by atoms with E-state index in [1.807, 2.05) is 0 Å².